The number of amides is 2. The highest BCUT2D eigenvalue weighted by molar-refractivity contribution is 7.99. The summed E-state index contributed by atoms with van der Waals surface area (Å²) in [4.78, 5) is 28.8. The van der Waals surface area contributed by atoms with Crippen molar-refractivity contribution in [3.8, 4) is 0 Å². The molecule has 0 saturated heterocycles. The van der Waals surface area contributed by atoms with Gasteiger partial charge in [0.15, 0.2) is 0 Å². The van der Waals surface area contributed by atoms with Gasteiger partial charge in [0.25, 0.3) is 0 Å². The Morgan fingerprint density at radius 3 is 2.42 bits per heavy atom. The van der Waals surface area contributed by atoms with Crippen molar-refractivity contribution in [2.24, 2.45) is 0 Å². The normalized spacial score (nSPS) is 15.3. The van der Waals surface area contributed by atoms with Crippen LogP contribution in [0.15, 0.2) is 59.5 Å². The number of carbonyl (C=O) groups is 2. The van der Waals surface area contributed by atoms with E-state index in [1.165, 1.54) is 18.6 Å². The van der Waals surface area contributed by atoms with E-state index >= 15 is 0 Å². The van der Waals surface area contributed by atoms with Crippen LogP contribution >= 0.6 is 11.8 Å². The quantitative estimate of drug-likeness (QED) is 0.545. The Bertz CT molecular complexity index is 838. The van der Waals surface area contributed by atoms with Crippen molar-refractivity contribution in [3.63, 3.8) is 0 Å². The average Bonchev–Trinajstić information content (AvgIpc) is 2.79. The third kappa shape index (κ3) is 7.39. The van der Waals surface area contributed by atoms with Crippen LogP contribution in [0.25, 0.3) is 0 Å². The lowest BCUT2D eigenvalue weighted by Crippen LogP contribution is -2.50. The fraction of sp³-hybridized carbons (Fsp3) is 0.440. The van der Waals surface area contributed by atoms with E-state index in [-0.39, 0.29) is 30.2 Å². The second-order valence-corrected chi connectivity index (χ2v) is 9.25. The molecule has 0 aromatic heterocycles. The fourth-order valence-electron chi connectivity index (χ4n) is 3.85. The summed E-state index contributed by atoms with van der Waals surface area (Å²) >= 11 is 1.63. The molecule has 1 fully saturated rings. The summed E-state index contributed by atoms with van der Waals surface area (Å²) in [6, 6.07) is 15.7. The molecule has 6 heteroatoms. The van der Waals surface area contributed by atoms with Gasteiger partial charge in [-0.2, -0.15) is 0 Å². The highest BCUT2D eigenvalue weighted by Crippen LogP contribution is 2.21. The minimum absolute atomic E-state index is 0.0703. The highest BCUT2D eigenvalue weighted by Gasteiger charge is 2.27. The lowest BCUT2D eigenvalue weighted by Gasteiger charge is -2.31. The number of halogens is 1. The molecule has 2 aromatic rings. The second kappa shape index (κ2) is 11.9. The number of thioether (sulfide) groups is 1. The maximum absolute atomic E-state index is 13.3. The molecule has 1 unspecified atom stereocenters. The molecule has 2 aromatic carbocycles. The van der Waals surface area contributed by atoms with Crippen LogP contribution in [0.1, 0.15) is 51.0 Å². The van der Waals surface area contributed by atoms with Gasteiger partial charge >= 0.3 is 0 Å². The number of hydrogen-bond donors (Lipinski definition) is 1. The van der Waals surface area contributed by atoms with E-state index in [0.29, 0.717) is 12.2 Å². The zero-order valence-electron chi connectivity index (χ0n) is 18.1. The molecule has 1 saturated carbocycles. The van der Waals surface area contributed by atoms with Crippen LogP contribution in [0.2, 0.25) is 0 Å². The lowest BCUT2D eigenvalue weighted by atomic mass is 9.95. The number of carbonyl (C=O) groups excluding carboxylic acids is 2. The predicted octanol–water partition coefficient (Wildman–Crippen LogP) is 5.17. The van der Waals surface area contributed by atoms with Gasteiger partial charge in [-0.15, -0.1) is 11.8 Å². The van der Waals surface area contributed by atoms with Crippen molar-refractivity contribution >= 4 is 23.6 Å². The highest BCUT2D eigenvalue weighted by atomic mass is 32.2. The van der Waals surface area contributed by atoms with E-state index in [0.717, 1.165) is 36.1 Å². The molecule has 2 amide bonds. The summed E-state index contributed by atoms with van der Waals surface area (Å²) in [7, 11) is 0. The first-order valence-corrected chi connectivity index (χ1v) is 12.0. The number of nitrogens with one attached hydrogen (secondary N) is 1. The molecular formula is C25H31FN2O2S. The van der Waals surface area contributed by atoms with Crippen LogP contribution in [0.4, 0.5) is 4.39 Å². The Morgan fingerprint density at radius 1 is 1.06 bits per heavy atom. The monoisotopic (exact) mass is 442 g/mol. The number of benzene rings is 2. The van der Waals surface area contributed by atoms with E-state index < -0.39 is 6.04 Å². The summed E-state index contributed by atoms with van der Waals surface area (Å²) in [5.41, 5.74) is 0.808. The minimum atomic E-state index is -0.582. The van der Waals surface area contributed by atoms with Gasteiger partial charge in [-0.3, -0.25) is 9.59 Å². The van der Waals surface area contributed by atoms with E-state index in [2.05, 4.69) is 5.32 Å². The van der Waals surface area contributed by atoms with Gasteiger partial charge in [-0.25, -0.2) is 4.39 Å². The average molecular weight is 443 g/mol. The summed E-state index contributed by atoms with van der Waals surface area (Å²) in [5.74, 6) is 0.140. The minimum Gasteiger partial charge on any atom is -0.352 e. The van der Waals surface area contributed by atoms with E-state index in [4.69, 9.17) is 0 Å². The van der Waals surface area contributed by atoms with Gasteiger partial charge in [0.05, 0.1) is 0 Å². The van der Waals surface area contributed by atoms with Crippen molar-refractivity contribution in [2.75, 3.05) is 5.75 Å². The van der Waals surface area contributed by atoms with Gasteiger partial charge in [-0.05, 0) is 49.6 Å². The Morgan fingerprint density at radius 2 is 1.74 bits per heavy atom. The molecule has 0 radical (unpaired) electrons. The first-order valence-electron chi connectivity index (χ1n) is 11.0. The fourth-order valence-corrected chi connectivity index (χ4v) is 4.72. The van der Waals surface area contributed by atoms with Crippen LogP contribution in [-0.4, -0.2) is 34.6 Å². The Labute approximate surface area is 188 Å². The first-order chi connectivity index (χ1) is 15.0. The molecule has 1 atom stereocenters. The maximum Gasteiger partial charge on any atom is 0.242 e. The molecule has 31 heavy (non-hydrogen) atoms. The van der Waals surface area contributed by atoms with Gasteiger partial charge < -0.3 is 10.2 Å². The third-order valence-electron chi connectivity index (χ3n) is 5.71. The van der Waals surface area contributed by atoms with Crippen LogP contribution in [-0.2, 0) is 16.1 Å². The third-order valence-corrected chi connectivity index (χ3v) is 6.73. The molecule has 0 heterocycles. The van der Waals surface area contributed by atoms with Gasteiger partial charge in [0.2, 0.25) is 11.8 Å². The van der Waals surface area contributed by atoms with E-state index in [9.17, 15) is 14.0 Å². The standard InChI is InChI=1S/C25H31FN2O2S/c1-19(25(30)27-22-8-4-2-5-9-22)28(18-20-12-14-21(26)15-13-20)24(29)16-17-31-23-10-6-3-7-11-23/h3,6-7,10-15,19,22H,2,4-5,8-9,16-18H2,1H3,(H,27,30). The molecular weight excluding hydrogens is 411 g/mol. The molecule has 0 aliphatic heterocycles. The smallest absolute Gasteiger partial charge is 0.242 e. The van der Waals surface area contributed by atoms with Gasteiger partial charge in [-0.1, -0.05) is 49.6 Å². The second-order valence-electron chi connectivity index (χ2n) is 8.08. The van der Waals surface area contributed by atoms with Crippen LogP contribution in [0, 0.1) is 5.82 Å². The Balaban J connectivity index is 1.64. The van der Waals surface area contributed by atoms with Crippen LogP contribution in [0.3, 0.4) is 0 Å². The summed E-state index contributed by atoms with van der Waals surface area (Å²) in [6.45, 7) is 2.07. The largest absolute Gasteiger partial charge is 0.352 e. The van der Waals surface area contributed by atoms with Crippen molar-refractivity contribution in [3.05, 3.63) is 66.0 Å². The number of rotatable bonds is 9. The molecule has 4 nitrogen and oxygen atoms in total. The van der Waals surface area contributed by atoms with Crippen molar-refractivity contribution < 1.29 is 14.0 Å². The van der Waals surface area contributed by atoms with E-state index in [1.54, 1.807) is 35.7 Å². The topological polar surface area (TPSA) is 49.4 Å². The molecule has 1 aliphatic rings. The molecule has 0 spiro atoms. The van der Waals surface area contributed by atoms with Gasteiger partial charge in [0.1, 0.15) is 11.9 Å². The van der Waals surface area contributed by atoms with Crippen LogP contribution in [0.5, 0.6) is 0 Å². The molecule has 1 N–H and O–H groups in total. The lowest BCUT2D eigenvalue weighted by molar-refractivity contribution is -0.140. The van der Waals surface area contributed by atoms with Crippen molar-refractivity contribution in [1.82, 2.24) is 10.2 Å². The molecule has 3 rings (SSSR count). The molecule has 1 aliphatic carbocycles. The summed E-state index contributed by atoms with van der Waals surface area (Å²) < 4.78 is 13.3. The zero-order chi connectivity index (χ0) is 22.1. The predicted molar refractivity (Wildman–Crippen MR) is 123 cm³/mol. The molecule has 0 bridgehead atoms. The Kier molecular flexibility index (Phi) is 8.95. The van der Waals surface area contributed by atoms with Gasteiger partial charge in [0, 0.05) is 29.7 Å². The summed E-state index contributed by atoms with van der Waals surface area (Å²) in [5, 5.41) is 3.13. The SMILES string of the molecule is CC(C(=O)NC1CCCCC1)N(Cc1ccc(F)cc1)C(=O)CCSc1ccccc1. The van der Waals surface area contributed by atoms with Crippen molar-refractivity contribution in [2.45, 2.75) is 69.0 Å². The maximum atomic E-state index is 13.3. The van der Waals surface area contributed by atoms with Crippen LogP contribution < -0.4 is 5.32 Å². The van der Waals surface area contributed by atoms with Crippen molar-refractivity contribution in [1.29, 1.82) is 0 Å². The Hall–Kier alpha value is -2.34. The molecule has 166 valence electrons. The number of hydrogen-bond acceptors (Lipinski definition) is 3. The number of nitrogens with zero attached hydrogens (tertiary/aromatic N) is 1. The first kappa shape index (κ1) is 23.3. The zero-order valence-corrected chi connectivity index (χ0v) is 18.9. The summed E-state index contributed by atoms with van der Waals surface area (Å²) in [6.07, 6.45) is 5.82. The van der Waals surface area contributed by atoms with E-state index in [1.807, 2.05) is 30.3 Å².